The normalized spacial score (nSPS) is 14.2. The highest BCUT2D eigenvalue weighted by Gasteiger charge is 2.17. The summed E-state index contributed by atoms with van der Waals surface area (Å²) >= 11 is 0. The van der Waals surface area contributed by atoms with E-state index < -0.39 is 0 Å². The number of rotatable bonds is 8. The van der Waals surface area contributed by atoms with Crippen LogP contribution in [-0.2, 0) is 6.42 Å². The standard InChI is InChI=1S/C24H25FN2/c1-18(21-13-7-4-8-14-21)26-24(17-20-11-5-3-6-12-20)19(2)27-23-16-10-9-15-22(23)25/h3,5-7,9-16,24,26-27H,1-2,4,8,17H2. The zero-order valence-corrected chi connectivity index (χ0v) is 15.4. The zero-order chi connectivity index (χ0) is 19.1. The number of hydrogen-bond donors (Lipinski definition) is 2. The summed E-state index contributed by atoms with van der Waals surface area (Å²) < 4.78 is 14.0. The fraction of sp³-hybridized carbons (Fsp3) is 0.167. The Bertz CT molecular complexity index is 865. The first-order chi connectivity index (χ1) is 13.1. The van der Waals surface area contributed by atoms with Crippen LogP contribution in [0, 0.1) is 5.82 Å². The number of para-hydroxylation sites is 1. The number of hydrogen-bond acceptors (Lipinski definition) is 2. The minimum atomic E-state index is -0.297. The highest BCUT2D eigenvalue weighted by Crippen LogP contribution is 2.20. The highest BCUT2D eigenvalue weighted by molar-refractivity contribution is 5.50. The van der Waals surface area contributed by atoms with Gasteiger partial charge in [0.05, 0.1) is 11.7 Å². The van der Waals surface area contributed by atoms with Crippen LogP contribution < -0.4 is 10.6 Å². The second-order valence-electron chi connectivity index (χ2n) is 6.63. The number of nitrogens with one attached hydrogen (secondary N) is 2. The molecular formula is C24H25FN2. The SMILES string of the molecule is C=C(NC(Cc1ccccc1)C(=C)Nc1ccccc1F)C1=CCCC=C1. The Morgan fingerprint density at radius 1 is 1.00 bits per heavy atom. The molecule has 3 heteroatoms. The molecule has 2 aromatic carbocycles. The Balaban J connectivity index is 1.77. The molecule has 2 aromatic rings. The van der Waals surface area contributed by atoms with Crippen molar-refractivity contribution in [3.8, 4) is 0 Å². The quantitative estimate of drug-likeness (QED) is 0.627. The largest absolute Gasteiger partial charge is 0.376 e. The predicted octanol–water partition coefficient (Wildman–Crippen LogP) is 5.74. The fourth-order valence-corrected chi connectivity index (χ4v) is 3.06. The average molecular weight is 360 g/mol. The molecule has 0 fully saturated rings. The van der Waals surface area contributed by atoms with Gasteiger partial charge in [-0.15, -0.1) is 0 Å². The molecule has 1 aliphatic carbocycles. The molecule has 1 aliphatic rings. The lowest BCUT2D eigenvalue weighted by molar-refractivity contribution is 0.623. The van der Waals surface area contributed by atoms with Crippen LogP contribution in [0.5, 0.6) is 0 Å². The smallest absolute Gasteiger partial charge is 0.146 e. The third kappa shape index (κ3) is 5.20. The first-order valence-corrected chi connectivity index (χ1v) is 9.20. The maximum Gasteiger partial charge on any atom is 0.146 e. The summed E-state index contributed by atoms with van der Waals surface area (Å²) in [7, 11) is 0. The molecular weight excluding hydrogens is 335 g/mol. The molecule has 27 heavy (non-hydrogen) atoms. The van der Waals surface area contributed by atoms with Crippen LogP contribution >= 0.6 is 0 Å². The van der Waals surface area contributed by atoms with E-state index in [9.17, 15) is 4.39 Å². The van der Waals surface area contributed by atoms with Gasteiger partial charge in [0.2, 0.25) is 0 Å². The Labute approximate surface area is 160 Å². The van der Waals surface area contributed by atoms with E-state index in [1.165, 1.54) is 11.6 Å². The van der Waals surface area contributed by atoms with Gasteiger partial charge in [-0.3, -0.25) is 0 Å². The van der Waals surface area contributed by atoms with Crippen molar-refractivity contribution in [2.75, 3.05) is 5.32 Å². The summed E-state index contributed by atoms with van der Waals surface area (Å²) in [4.78, 5) is 0. The summed E-state index contributed by atoms with van der Waals surface area (Å²) in [5.41, 5.74) is 4.24. The molecule has 0 heterocycles. The lowest BCUT2D eigenvalue weighted by atomic mass is 10.0. The van der Waals surface area contributed by atoms with Crippen LogP contribution in [-0.4, -0.2) is 6.04 Å². The van der Waals surface area contributed by atoms with Crippen molar-refractivity contribution in [1.29, 1.82) is 0 Å². The Morgan fingerprint density at radius 2 is 1.74 bits per heavy atom. The molecule has 0 saturated carbocycles. The van der Waals surface area contributed by atoms with E-state index in [4.69, 9.17) is 0 Å². The number of halogens is 1. The fourth-order valence-electron chi connectivity index (χ4n) is 3.06. The molecule has 2 N–H and O–H groups in total. The Morgan fingerprint density at radius 3 is 2.44 bits per heavy atom. The summed E-state index contributed by atoms with van der Waals surface area (Å²) in [6.45, 7) is 8.36. The first kappa shape index (κ1) is 18.7. The summed E-state index contributed by atoms with van der Waals surface area (Å²) in [6, 6.07) is 16.7. The van der Waals surface area contributed by atoms with Crippen molar-refractivity contribution in [3.05, 3.63) is 114 Å². The van der Waals surface area contributed by atoms with Crippen LogP contribution in [0.25, 0.3) is 0 Å². The van der Waals surface area contributed by atoms with Crippen LogP contribution in [0.4, 0.5) is 10.1 Å². The van der Waals surface area contributed by atoms with Gasteiger partial charge in [-0.25, -0.2) is 4.39 Å². The monoisotopic (exact) mass is 360 g/mol. The van der Waals surface area contributed by atoms with E-state index in [0.29, 0.717) is 11.4 Å². The number of benzene rings is 2. The third-order valence-corrected chi connectivity index (χ3v) is 4.56. The van der Waals surface area contributed by atoms with E-state index >= 15 is 0 Å². The molecule has 0 radical (unpaired) electrons. The molecule has 0 bridgehead atoms. The van der Waals surface area contributed by atoms with E-state index in [1.54, 1.807) is 18.2 Å². The van der Waals surface area contributed by atoms with Gasteiger partial charge in [0.25, 0.3) is 0 Å². The summed E-state index contributed by atoms with van der Waals surface area (Å²) in [5.74, 6) is -0.297. The molecule has 1 unspecified atom stereocenters. The van der Waals surface area contributed by atoms with Gasteiger partial charge in [0, 0.05) is 11.4 Å². The highest BCUT2D eigenvalue weighted by atomic mass is 19.1. The van der Waals surface area contributed by atoms with E-state index in [-0.39, 0.29) is 11.9 Å². The minimum Gasteiger partial charge on any atom is -0.376 e. The third-order valence-electron chi connectivity index (χ3n) is 4.56. The lowest BCUT2D eigenvalue weighted by Gasteiger charge is -2.26. The van der Waals surface area contributed by atoms with Gasteiger partial charge in [-0.05, 0) is 42.5 Å². The number of anilines is 1. The Kier molecular flexibility index (Phi) is 6.26. The first-order valence-electron chi connectivity index (χ1n) is 9.20. The van der Waals surface area contributed by atoms with Crippen LogP contribution in [0.2, 0.25) is 0 Å². The maximum atomic E-state index is 14.0. The van der Waals surface area contributed by atoms with Gasteiger partial charge < -0.3 is 10.6 Å². The topological polar surface area (TPSA) is 24.1 Å². The second-order valence-corrected chi connectivity index (χ2v) is 6.63. The summed E-state index contributed by atoms with van der Waals surface area (Å²) in [5, 5.41) is 6.60. The van der Waals surface area contributed by atoms with Gasteiger partial charge in [-0.2, -0.15) is 0 Å². The Hall–Kier alpha value is -3.07. The average Bonchev–Trinajstić information content (AvgIpc) is 2.70. The van der Waals surface area contributed by atoms with E-state index in [2.05, 4.69) is 54.2 Å². The predicted molar refractivity (Wildman–Crippen MR) is 112 cm³/mol. The summed E-state index contributed by atoms with van der Waals surface area (Å²) in [6.07, 6.45) is 9.22. The van der Waals surface area contributed by atoms with Crippen LogP contribution in [0.3, 0.4) is 0 Å². The molecule has 1 atom stereocenters. The molecule has 0 saturated heterocycles. The van der Waals surface area contributed by atoms with Gasteiger partial charge in [-0.1, -0.05) is 73.9 Å². The molecule has 0 amide bonds. The van der Waals surface area contributed by atoms with Crippen molar-refractivity contribution in [1.82, 2.24) is 5.32 Å². The maximum absolute atomic E-state index is 14.0. The number of allylic oxidation sites excluding steroid dienone is 3. The van der Waals surface area contributed by atoms with Gasteiger partial charge >= 0.3 is 0 Å². The van der Waals surface area contributed by atoms with Crippen LogP contribution in [0.1, 0.15) is 18.4 Å². The molecule has 2 nitrogen and oxygen atoms in total. The molecule has 3 rings (SSSR count). The van der Waals surface area contributed by atoms with Gasteiger partial charge in [0.15, 0.2) is 0 Å². The minimum absolute atomic E-state index is 0.129. The second kappa shape index (κ2) is 9.04. The van der Waals surface area contributed by atoms with Crippen molar-refractivity contribution in [2.45, 2.75) is 25.3 Å². The molecule has 0 aromatic heterocycles. The van der Waals surface area contributed by atoms with E-state index in [1.807, 2.05) is 18.2 Å². The van der Waals surface area contributed by atoms with E-state index in [0.717, 1.165) is 30.5 Å². The van der Waals surface area contributed by atoms with Crippen molar-refractivity contribution in [3.63, 3.8) is 0 Å². The van der Waals surface area contributed by atoms with Crippen molar-refractivity contribution < 1.29 is 4.39 Å². The molecule has 0 aliphatic heterocycles. The zero-order valence-electron chi connectivity index (χ0n) is 15.4. The van der Waals surface area contributed by atoms with Gasteiger partial charge in [0.1, 0.15) is 5.82 Å². The van der Waals surface area contributed by atoms with Crippen LogP contribution in [0.15, 0.2) is 103 Å². The lowest BCUT2D eigenvalue weighted by Crippen LogP contribution is -2.35. The molecule has 0 spiro atoms. The molecule has 138 valence electrons. The van der Waals surface area contributed by atoms with Crippen molar-refractivity contribution in [2.24, 2.45) is 0 Å². The van der Waals surface area contributed by atoms with Crippen molar-refractivity contribution >= 4 is 5.69 Å².